The van der Waals surface area contributed by atoms with Crippen molar-refractivity contribution in [2.45, 2.75) is 13.0 Å². The van der Waals surface area contributed by atoms with Crippen molar-refractivity contribution >= 4 is 34.2 Å². The quantitative estimate of drug-likeness (QED) is 0.797. The molecule has 0 heterocycles. The molecule has 0 aliphatic carbocycles. The molecule has 2 rings (SSSR count). The van der Waals surface area contributed by atoms with Gasteiger partial charge in [-0.2, -0.15) is 0 Å². The van der Waals surface area contributed by atoms with Crippen molar-refractivity contribution in [3.05, 3.63) is 67.7 Å². The highest BCUT2D eigenvalue weighted by molar-refractivity contribution is 14.1. The minimum atomic E-state index is -0.125. The van der Waals surface area contributed by atoms with Gasteiger partial charge < -0.3 is 5.73 Å². The molecule has 2 aromatic carbocycles. The third-order valence-corrected chi connectivity index (χ3v) is 4.47. The Morgan fingerprint density at radius 2 is 1.88 bits per heavy atom. The summed E-state index contributed by atoms with van der Waals surface area (Å²) in [5.74, 6) is 0. The highest BCUT2D eigenvalue weighted by Crippen LogP contribution is 2.27. The molecule has 0 fully saturated rings. The molecule has 2 aromatic rings. The van der Waals surface area contributed by atoms with Gasteiger partial charge in [0.25, 0.3) is 0 Å². The van der Waals surface area contributed by atoms with Gasteiger partial charge >= 0.3 is 0 Å². The van der Waals surface area contributed by atoms with E-state index in [9.17, 15) is 0 Å². The topological polar surface area (TPSA) is 26.0 Å². The summed E-state index contributed by atoms with van der Waals surface area (Å²) < 4.78 is 1.22. The van der Waals surface area contributed by atoms with Gasteiger partial charge in [-0.05, 0) is 58.3 Å². The molecular weight excluding hydrogens is 345 g/mol. The summed E-state index contributed by atoms with van der Waals surface area (Å²) in [6, 6.07) is 13.8. The van der Waals surface area contributed by atoms with Crippen molar-refractivity contribution in [3.63, 3.8) is 0 Å². The zero-order valence-corrected chi connectivity index (χ0v) is 12.4. The van der Waals surface area contributed by atoms with E-state index >= 15 is 0 Å². The molecule has 1 atom stereocenters. The summed E-state index contributed by atoms with van der Waals surface area (Å²) in [4.78, 5) is 0. The molecule has 0 aliphatic heterocycles. The summed E-state index contributed by atoms with van der Waals surface area (Å²) in [7, 11) is 0. The average molecular weight is 358 g/mol. The first kappa shape index (κ1) is 12.9. The molecule has 1 nitrogen and oxygen atoms in total. The molecule has 3 heteroatoms. The van der Waals surface area contributed by atoms with Crippen LogP contribution in [0.4, 0.5) is 0 Å². The van der Waals surface area contributed by atoms with E-state index in [2.05, 4.69) is 41.6 Å². The van der Waals surface area contributed by atoms with Gasteiger partial charge in [0, 0.05) is 8.59 Å². The van der Waals surface area contributed by atoms with Crippen LogP contribution in [0.25, 0.3) is 0 Å². The molecule has 0 amide bonds. The normalized spacial score (nSPS) is 12.5. The number of halogens is 2. The lowest BCUT2D eigenvalue weighted by atomic mass is 9.98. The molecule has 1 unspecified atom stereocenters. The third kappa shape index (κ3) is 2.81. The number of hydrogen-bond acceptors (Lipinski definition) is 1. The first-order valence-corrected chi connectivity index (χ1v) is 6.81. The van der Waals surface area contributed by atoms with Crippen LogP contribution in [0.2, 0.25) is 5.02 Å². The van der Waals surface area contributed by atoms with Gasteiger partial charge in [0.15, 0.2) is 0 Å². The van der Waals surface area contributed by atoms with Gasteiger partial charge in [-0.1, -0.05) is 41.9 Å². The van der Waals surface area contributed by atoms with Gasteiger partial charge in [0.05, 0.1) is 6.04 Å². The lowest BCUT2D eigenvalue weighted by molar-refractivity contribution is 0.863. The van der Waals surface area contributed by atoms with Gasteiger partial charge in [-0.15, -0.1) is 0 Å². The van der Waals surface area contributed by atoms with E-state index in [-0.39, 0.29) is 6.04 Å². The van der Waals surface area contributed by atoms with Crippen molar-refractivity contribution in [2.24, 2.45) is 5.73 Å². The molecule has 0 saturated heterocycles. The monoisotopic (exact) mass is 357 g/mol. The molecule has 0 aliphatic rings. The standard InChI is InChI=1S/C14H13ClIN/c1-9-4-2-7-12(13(9)16)14(17)10-5-3-6-11(15)8-10/h2-8,14H,17H2,1H3. The predicted molar refractivity (Wildman–Crippen MR) is 81.4 cm³/mol. The second-order valence-electron chi connectivity index (χ2n) is 4.01. The van der Waals surface area contributed by atoms with Crippen molar-refractivity contribution < 1.29 is 0 Å². The smallest absolute Gasteiger partial charge is 0.0562 e. The first-order chi connectivity index (χ1) is 8.09. The van der Waals surface area contributed by atoms with E-state index in [0.29, 0.717) is 0 Å². The molecule has 0 spiro atoms. The molecular formula is C14H13ClIN. The van der Waals surface area contributed by atoms with E-state index in [1.165, 1.54) is 9.13 Å². The second kappa shape index (κ2) is 5.38. The maximum atomic E-state index is 6.29. The van der Waals surface area contributed by atoms with Crippen LogP contribution < -0.4 is 5.73 Å². The molecule has 0 radical (unpaired) electrons. The lowest BCUT2D eigenvalue weighted by Gasteiger charge is -2.16. The summed E-state index contributed by atoms with van der Waals surface area (Å²) in [6.07, 6.45) is 0. The minimum absolute atomic E-state index is 0.125. The summed E-state index contributed by atoms with van der Waals surface area (Å²) in [5.41, 5.74) is 9.73. The maximum absolute atomic E-state index is 6.29. The molecule has 17 heavy (non-hydrogen) atoms. The van der Waals surface area contributed by atoms with Gasteiger partial charge in [0.2, 0.25) is 0 Å². The minimum Gasteiger partial charge on any atom is -0.320 e. The van der Waals surface area contributed by atoms with Crippen LogP contribution in [0, 0.1) is 10.5 Å². The Balaban J connectivity index is 2.44. The van der Waals surface area contributed by atoms with E-state index in [4.69, 9.17) is 17.3 Å². The SMILES string of the molecule is Cc1cccc(C(N)c2cccc(Cl)c2)c1I. The van der Waals surface area contributed by atoms with Crippen LogP contribution in [0.1, 0.15) is 22.7 Å². The van der Waals surface area contributed by atoms with Crippen molar-refractivity contribution in [1.29, 1.82) is 0 Å². The Labute approximate surface area is 120 Å². The predicted octanol–water partition coefficient (Wildman–Crippen LogP) is 4.30. The lowest BCUT2D eigenvalue weighted by Crippen LogP contribution is -2.13. The summed E-state index contributed by atoms with van der Waals surface area (Å²) in [6.45, 7) is 2.09. The number of aryl methyl sites for hydroxylation is 1. The maximum Gasteiger partial charge on any atom is 0.0562 e. The van der Waals surface area contributed by atoms with Crippen molar-refractivity contribution in [2.75, 3.05) is 0 Å². The Morgan fingerprint density at radius 1 is 1.18 bits per heavy atom. The fourth-order valence-electron chi connectivity index (χ4n) is 1.79. The molecule has 0 aromatic heterocycles. The zero-order valence-electron chi connectivity index (χ0n) is 9.45. The van der Waals surface area contributed by atoms with Crippen molar-refractivity contribution in [1.82, 2.24) is 0 Å². The molecule has 0 saturated carbocycles. The Morgan fingerprint density at radius 3 is 2.59 bits per heavy atom. The average Bonchev–Trinajstić information content (AvgIpc) is 2.32. The molecule has 2 N–H and O–H groups in total. The molecule has 0 bridgehead atoms. The summed E-state index contributed by atoms with van der Waals surface area (Å²) in [5, 5.41) is 0.723. The Kier molecular flexibility index (Phi) is 4.07. The van der Waals surface area contributed by atoms with Gasteiger partial charge in [-0.3, -0.25) is 0 Å². The third-order valence-electron chi connectivity index (χ3n) is 2.76. The number of nitrogens with two attached hydrogens (primary N) is 1. The van der Waals surface area contributed by atoms with Gasteiger partial charge in [0.1, 0.15) is 0 Å². The van der Waals surface area contributed by atoms with Crippen LogP contribution in [-0.2, 0) is 0 Å². The second-order valence-corrected chi connectivity index (χ2v) is 5.53. The largest absolute Gasteiger partial charge is 0.320 e. The zero-order chi connectivity index (χ0) is 12.4. The van der Waals surface area contributed by atoms with E-state index in [1.807, 2.05) is 30.3 Å². The van der Waals surface area contributed by atoms with Gasteiger partial charge in [-0.25, -0.2) is 0 Å². The highest BCUT2D eigenvalue weighted by atomic mass is 127. The first-order valence-electron chi connectivity index (χ1n) is 5.35. The Hall–Kier alpha value is -0.580. The summed E-state index contributed by atoms with van der Waals surface area (Å²) >= 11 is 8.33. The van der Waals surface area contributed by atoms with E-state index in [0.717, 1.165) is 16.1 Å². The highest BCUT2D eigenvalue weighted by Gasteiger charge is 2.13. The van der Waals surface area contributed by atoms with Crippen LogP contribution in [0.15, 0.2) is 42.5 Å². The number of benzene rings is 2. The van der Waals surface area contributed by atoms with E-state index < -0.39 is 0 Å². The van der Waals surface area contributed by atoms with Crippen LogP contribution >= 0.6 is 34.2 Å². The number of hydrogen-bond donors (Lipinski definition) is 1. The fourth-order valence-corrected chi connectivity index (χ4v) is 2.68. The van der Waals surface area contributed by atoms with Crippen molar-refractivity contribution in [3.8, 4) is 0 Å². The van der Waals surface area contributed by atoms with Crippen LogP contribution in [-0.4, -0.2) is 0 Å². The van der Waals surface area contributed by atoms with E-state index in [1.54, 1.807) is 0 Å². The molecule has 88 valence electrons. The Bertz CT molecular complexity index is 539. The fraction of sp³-hybridized carbons (Fsp3) is 0.143. The van der Waals surface area contributed by atoms with Crippen LogP contribution in [0.3, 0.4) is 0 Å². The number of rotatable bonds is 2. The van der Waals surface area contributed by atoms with Crippen LogP contribution in [0.5, 0.6) is 0 Å².